The molecule has 0 unspecified atom stereocenters. The first-order chi connectivity index (χ1) is 9.78. The van der Waals surface area contributed by atoms with Crippen LogP contribution in [0.1, 0.15) is 24.8 Å². The van der Waals surface area contributed by atoms with Gasteiger partial charge < -0.3 is 15.1 Å². The zero-order valence-corrected chi connectivity index (χ0v) is 11.5. The fourth-order valence-corrected chi connectivity index (χ4v) is 1.77. The van der Waals surface area contributed by atoms with E-state index in [2.05, 4.69) is 27.8 Å². The molecule has 0 fully saturated rings. The van der Waals surface area contributed by atoms with Crippen molar-refractivity contribution in [3.05, 3.63) is 41.5 Å². The molecule has 0 bridgehead atoms. The minimum atomic E-state index is -0.218. The summed E-state index contributed by atoms with van der Waals surface area (Å²) in [7, 11) is 0. The number of aromatic nitrogens is 2. The fraction of sp³-hybridized carbons (Fsp3) is 0.429. The molecular weight excluding hydrogens is 259 g/mol. The number of hydrogen-bond acceptors (Lipinski definition) is 5. The molecule has 20 heavy (non-hydrogen) atoms. The van der Waals surface area contributed by atoms with Crippen LogP contribution in [0.4, 0.5) is 10.4 Å². The average molecular weight is 278 g/mol. The minimum Gasteiger partial charge on any atom is -0.407 e. The number of halogens is 1. The van der Waals surface area contributed by atoms with Crippen LogP contribution in [-0.4, -0.2) is 23.3 Å². The van der Waals surface area contributed by atoms with Gasteiger partial charge in [0.1, 0.15) is 5.82 Å². The summed E-state index contributed by atoms with van der Waals surface area (Å²) in [5, 5.41) is 14.0. The summed E-state index contributed by atoms with van der Waals surface area (Å²) in [6.45, 7) is 4.21. The van der Waals surface area contributed by atoms with Crippen molar-refractivity contribution in [1.29, 1.82) is 0 Å². The Labute approximate surface area is 117 Å². The van der Waals surface area contributed by atoms with Crippen molar-refractivity contribution in [3.63, 3.8) is 0 Å². The molecule has 2 aromatic rings. The van der Waals surface area contributed by atoms with Gasteiger partial charge in [-0.3, -0.25) is 0 Å². The lowest BCUT2D eigenvalue weighted by Gasteiger charge is -2.02. The molecule has 0 aliphatic carbocycles. The van der Waals surface area contributed by atoms with Gasteiger partial charge in [-0.2, -0.15) is 0 Å². The van der Waals surface area contributed by atoms with Crippen LogP contribution in [0.15, 0.2) is 28.7 Å². The molecule has 0 aliphatic rings. The molecule has 0 amide bonds. The van der Waals surface area contributed by atoms with Gasteiger partial charge in [0.05, 0.1) is 6.54 Å². The molecule has 2 rings (SSSR count). The van der Waals surface area contributed by atoms with Crippen LogP contribution < -0.4 is 10.6 Å². The van der Waals surface area contributed by atoms with E-state index in [-0.39, 0.29) is 5.82 Å². The second-order valence-electron chi connectivity index (χ2n) is 4.48. The molecule has 0 radical (unpaired) electrons. The zero-order chi connectivity index (χ0) is 14.2. The molecule has 0 saturated heterocycles. The van der Waals surface area contributed by atoms with Crippen LogP contribution in [0.3, 0.4) is 0 Å². The number of rotatable bonds is 8. The molecule has 5 nitrogen and oxygen atoms in total. The van der Waals surface area contributed by atoms with E-state index in [0.717, 1.165) is 18.5 Å². The van der Waals surface area contributed by atoms with Crippen LogP contribution in [-0.2, 0) is 13.0 Å². The summed E-state index contributed by atoms with van der Waals surface area (Å²) in [5.41, 5.74) is 0.932. The molecule has 1 aromatic carbocycles. The van der Waals surface area contributed by atoms with Crippen molar-refractivity contribution in [2.45, 2.75) is 26.3 Å². The van der Waals surface area contributed by atoms with Crippen LogP contribution in [0.2, 0.25) is 0 Å². The van der Waals surface area contributed by atoms with Gasteiger partial charge in [0.25, 0.3) is 0 Å². The smallest absolute Gasteiger partial charge is 0.315 e. The summed E-state index contributed by atoms with van der Waals surface area (Å²) >= 11 is 0. The van der Waals surface area contributed by atoms with E-state index in [1.165, 1.54) is 12.1 Å². The number of nitrogens with one attached hydrogen (secondary N) is 2. The standard InChI is InChI=1S/C14H19FN4O/c1-2-7-16-10-13-18-19-14(20-13)17-8-6-11-4-3-5-12(15)9-11/h3-5,9,16H,2,6-8,10H2,1H3,(H,17,19). The molecule has 0 atom stereocenters. The van der Waals surface area contributed by atoms with E-state index < -0.39 is 0 Å². The molecule has 2 N–H and O–H groups in total. The van der Waals surface area contributed by atoms with E-state index in [4.69, 9.17) is 4.42 Å². The third-order valence-electron chi connectivity index (χ3n) is 2.75. The van der Waals surface area contributed by atoms with E-state index >= 15 is 0 Å². The molecular formula is C14H19FN4O. The van der Waals surface area contributed by atoms with Crippen molar-refractivity contribution >= 4 is 6.01 Å². The van der Waals surface area contributed by atoms with Gasteiger partial charge in [-0.15, -0.1) is 5.10 Å². The minimum absolute atomic E-state index is 0.218. The van der Waals surface area contributed by atoms with E-state index in [9.17, 15) is 4.39 Å². The van der Waals surface area contributed by atoms with Gasteiger partial charge in [-0.1, -0.05) is 24.2 Å². The predicted octanol–water partition coefficient (Wildman–Crippen LogP) is 2.36. The van der Waals surface area contributed by atoms with Crippen molar-refractivity contribution in [2.75, 3.05) is 18.4 Å². The number of anilines is 1. The van der Waals surface area contributed by atoms with Crippen molar-refractivity contribution < 1.29 is 8.81 Å². The van der Waals surface area contributed by atoms with E-state index in [0.29, 0.717) is 31.4 Å². The Balaban J connectivity index is 1.74. The number of benzene rings is 1. The normalized spacial score (nSPS) is 10.7. The van der Waals surface area contributed by atoms with Gasteiger partial charge >= 0.3 is 6.01 Å². The van der Waals surface area contributed by atoms with Crippen LogP contribution >= 0.6 is 0 Å². The molecule has 1 heterocycles. The van der Waals surface area contributed by atoms with Crippen molar-refractivity contribution in [1.82, 2.24) is 15.5 Å². The predicted molar refractivity (Wildman–Crippen MR) is 74.9 cm³/mol. The van der Waals surface area contributed by atoms with Crippen molar-refractivity contribution in [2.24, 2.45) is 0 Å². The molecule has 0 aliphatic heterocycles. The molecule has 0 saturated carbocycles. The maximum absolute atomic E-state index is 13.0. The van der Waals surface area contributed by atoms with Crippen molar-refractivity contribution in [3.8, 4) is 0 Å². The lowest BCUT2D eigenvalue weighted by Crippen LogP contribution is -2.13. The largest absolute Gasteiger partial charge is 0.407 e. The summed E-state index contributed by atoms with van der Waals surface area (Å²) in [6.07, 6.45) is 1.76. The van der Waals surface area contributed by atoms with E-state index in [1.807, 2.05) is 6.07 Å². The summed E-state index contributed by atoms with van der Waals surface area (Å²) in [5.74, 6) is 0.344. The highest BCUT2D eigenvalue weighted by Crippen LogP contribution is 2.07. The molecule has 6 heteroatoms. The Morgan fingerprint density at radius 1 is 1.25 bits per heavy atom. The summed E-state index contributed by atoms with van der Waals surface area (Å²) in [6, 6.07) is 6.95. The van der Waals surface area contributed by atoms with Gasteiger partial charge in [0.2, 0.25) is 5.89 Å². The second-order valence-corrected chi connectivity index (χ2v) is 4.48. The first-order valence-electron chi connectivity index (χ1n) is 6.79. The van der Waals surface area contributed by atoms with Crippen LogP contribution in [0.5, 0.6) is 0 Å². The Morgan fingerprint density at radius 3 is 2.95 bits per heavy atom. The lowest BCUT2D eigenvalue weighted by atomic mass is 10.1. The number of nitrogens with zero attached hydrogens (tertiary/aromatic N) is 2. The Bertz CT molecular complexity index is 529. The fourth-order valence-electron chi connectivity index (χ4n) is 1.77. The lowest BCUT2D eigenvalue weighted by molar-refractivity contribution is 0.477. The van der Waals surface area contributed by atoms with Crippen LogP contribution in [0, 0.1) is 5.82 Å². The first kappa shape index (κ1) is 14.5. The van der Waals surface area contributed by atoms with Gasteiger partial charge in [0.15, 0.2) is 0 Å². The average Bonchev–Trinajstić information content (AvgIpc) is 2.87. The highest BCUT2D eigenvalue weighted by Gasteiger charge is 2.04. The highest BCUT2D eigenvalue weighted by molar-refractivity contribution is 5.21. The summed E-state index contributed by atoms with van der Waals surface area (Å²) in [4.78, 5) is 0. The highest BCUT2D eigenvalue weighted by atomic mass is 19.1. The second kappa shape index (κ2) is 7.59. The van der Waals surface area contributed by atoms with E-state index in [1.54, 1.807) is 6.07 Å². The Kier molecular flexibility index (Phi) is 5.49. The monoisotopic (exact) mass is 278 g/mol. The van der Waals surface area contributed by atoms with Gasteiger partial charge in [-0.25, -0.2) is 4.39 Å². The van der Waals surface area contributed by atoms with Crippen LogP contribution in [0.25, 0.3) is 0 Å². The van der Waals surface area contributed by atoms with Gasteiger partial charge in [0, 0.05) is 6.54 Å². The summed E-state index contributed by atoms with van der Waals surface area (Å²) < 4.78 is 18.4. The Morgan fingerprint density at radius 2 is 2.15 bits per heavy atom. The quantitative estimate of drug-likeness (QED) is 0.726. The third kappa shape index (κ3) is 4.62. The Hall–Kier alpha value is -1.95. The maximum atomic E-state index is 13.0. The molecule has 0 spiro atoms. The SMILES string of the molecule is CCCNCc1nnc(NCCc2cccc(F)c2)o1. The molecule has 108 valence electrons. The zero-order valence-electron chi connectivity index (χ0n) is 11.5. The third-order valence-corrected chi connectivity index (χ3v) is 2.75. The molecule has 1 aromatic heterocycles. The first-order valence-corrected chi connectivity index (χ1v) is 6.79. The number of hydrogen-bond donors (Lipinski definition) is 2. The topological polar surface area (TPSA) is 63.0 Å². The maximum Gasteiger partial charge on any atom is 0.315 e. The van der Waals surface area contributed by atoms with Gasteiger partial charge in [-0.05, 0) is 37.1 Å².